The van der Waals surface area contributed by atoms with Crippen molar-refractivity contribution in [1.82, 2.24) is 9.88 Å². The number of aromatic nitrogens is 1. The Balaban J connectivity index is 2.24. The molecule has 2 rings (SSSR count). The highest BCUT2D eigenvalue weighted by atomic mass is 16.2. The number of hydrogen-bond acceptors (Lipinski definition) is 2. The lowest BCUT2D eigenvalue weighted by atomic mass is 9.96. The van der Waals surface area contributed by atoms with Gasteiger partial charge in [-0.05, 0) is 52.2 Å². The molecule has 1 saturated heterocycles. The van der Waals surface area contributed by atoms with E-state index < -0.39 is 0 Å². The number of carbonyl (C=O) groups excluding carboxylic acids is 1. The van der Waals surface area contributed by atoms with Crippen molar-refractivity contribution in [3.63, 3.8) is 0 Å². The Hall–Kier alpha value is -1.38. The quantitative estimate of drug-likeness (QED) is 0.746. The molecule has 1 aromatic rings. The largest absolute Gasteiger partial charge is 0.333 e. The van der Waals surface area contributed by atoms with Crippen molar-refractivity contribution in [2.45, 2.75) is 52.1 Å². The minimum absolute atomic E-state index is 0.148. The smallest absolute Gasteiger partial charge is 0.254 e. The molecule has 3 nitrogen and oxygen atoms in total. The predicted octanol–water partition coefficient (Wildman–Crippen LogP) is 2.79. The second kappa shape index (κ2) is 4.86. The maximum atomic E-state index is 12.5. The van der Waals surface area contributed by atoms with E-state index in [0.717, 1.165) is 24.1 Å². The highest BCUT2D eigenvalue weighted by molar-refractivity contribution is 5.94. The Kier molecular flexibility index (Phi) is 3.46. The van der Waals surface area contributed by atoms with Gasteiger partial charge in [-0.3, -0.25) is 9.78 Å². The fraction of sp³-hybridized carbons (Fsp3) is 0.571. The average Bonchev–Trinajstić information content (AvgIpc) is 2.28. The monoisotopic (exact) mass is 232 g/mol. The van der Waals surface area contributed by atoms with E-state index in [2.05, 4.69) is 18.8 Å². The van der Waals surface area contributed by atoms with Crippen LogP contribution in [-0.4, -0.2) is 27.9 Å². The molecule has 2 heterocycles. The van der Waals surface area contributed by atoms with Crippen LogP contribution in [0.15, 0.2) is 18.3 Å². The van der Waals surface area contributed by atoms with Crippen LogP contribution in [0.25, 0.3) is 0 Å². The van der Waals surface area contributed by atoms with E-state index in [1.807, 2.05) is 24.0 Å². The summed E-state index contributed by atoms with van der Waals surface area (Å²) in [6.45, 7) is 6.20. The Labute approximate surface area is 103 Å². The minimum Gasteiger partial charge on any atom is -0.333 e. The molecule has 1 aliphatic rings. The Morgan fingerprint density at radius 2 is 2.00 bits per heavy atom. The van der Waals surface area contributed by atoms with E-state index in [1.165, 1.54) is 6.42 Å². The highest BCUT2D eigenvalue weighted by Gasteiger charge is 2.29. The number of likely N-dealkylation sites (tertiary alicyclic amines) is 1. The molecule has 0 aromatic carbocycles. The van der Waals surface area contributed by atoms with Crippen LogP contribution in [0.4, 0.5) is 0 Å². The molecule has 0 N–H and O–H groups in total. The minimum atomic E-state index is 0.148. The van der Waals surface area contributed by atoms with Crippen LogP contribution in [0, 0.1) is 6.92 Å². The Morgan fingerprint density at radius 3 is 2.59 bits per heavy atom. The van der Waals surface area contributed by atoms with Crippen molar-refractivity contribution in [1.29, 1.82) is 0 Å². The van der Waals surface area contributed by atoms with E-state index in [9.17, 15) is 4.79 Å². The molecule has 1 amide bonds. The average molecular weight is 232 g/mol. The lowest BCUT2D eigenvalue weighted by Crippen LogP contribution is -2.47. The molecule has 0 saturated carbocycles. The SMILES string of the molecule is Cc1cc(C(=O)N2C(C)CCCC2C)ccn1. The second-order valence-corrected chi connectivity index (χ2v) is 5.03. The van der Waals surface area contributed by atoms with Gasteiger partial charge in [0.15, 0.2) is 0 Å². The van der Waals surface area contributed by atoms with Crippen molar-refractivity contribution in [2.24, 2.45) is 0 Å². The van der Waals surface area contributed by atoms with Gasteiger partial charge >= 0.3 is 0 Å². The number of carbonyl (C=O) groups is 1. The fourth-order valence-corrected chi connectivity index (χ4v) is 2.65. The first-order valence-electron chi connectivity index (χ1n) is 6.35. The summed E-state index contributed by atoms with van der Waals surface area (Å²) in [4.78, 5) is 18.6. The van der Waals surface area contributed by atoms with Crippen LogP contribution >= 0.6 is 0 Å². The predicted molar refractivity (Wildman–Crippen MR) is 67.9 cm³/mol. The molecule has 17 heavy (non-hydrogen) atoms. The first-order chi connectivity index (χ1) is 8.09. The zero-order valence-corrected chi connectivity index (χ0v) is 10.8. The molecule has 0 bridgehead atoms. The number of piperidine rings is 1. The molecule has 1 fully saturated rings. The van der Waals surface area contributed by atoms with E-state index in [-0.39, 0.29) is 5.91 Å². The van der Waals surface area contributed by atoms with Crippen LogP contribution in [0.2, 0.25) is 0 Å². The van der Waals surface area contributed by atoms with E-state index in [4.69, 9.17) is 0 Å². The number of pyridine rings is 1. The summed E-state index contributed by atoms with van der Waals surface area (Å²) < 4.78 is 0. The maximum Gasteiger partial charge on any atom is 0.254 e. The maximum absolute atomic E-state index is 12.5. The summed E-state index contributed by atoms with van der Waals surface area (Å²) in [5, 5.41) is 0. The third-order valence-corrected chi connectivity index (χ3v) is 3.57. The van der Waals surface area contributed by atoms with Gasteiger partial charge in [0.25, 0.3) is 5.91 Å². The molecule has 0 spiro atoms. The first kappa shape index (κ1) is 12.1. The topological polar surface area (TPSA) is 33.2 Å². The summed E-state index contributed by atoms with van der Waals surface area (Å²) >= 11 is 0. The fourth-order valence-electron chi connectivity index (χ4n) is 2.65. The third kappa shape index (κ3) is 2.48. The van der Waals surface area contributed by atoms with Crippen LogP contribution in [0.3, 0.4) is 0 Å². The number of rotatable bonds is 1. The molecule has 92 valence electrons. The van der Waals surface area contributed by atoms with Gasteiger partial charge in [-0.2, -0.15) is 0 Å². The molecule has 1 aliphatic heterocycles. The van der Waals surface area contributed by atoms with Crippen molar-refractivity contribution in [3.8, 4) is 0 Å². The van der Waals surface area contributed by atoms with Crippen molar-refractivity contribution in [2.75, 3.05) is 0 Å². The van der Waals surface area contributed by atoms with Gasteiger partial charge in [0.1, 0.15) is 0 Å². The Bertz CT molecular complexity index is 406. The highest BCUT2D eigenvalue weighted by Crippen LogP contribution is 2.24. The molecule has 1 aromatic heterocycles. The zero-order chi connectivity index (χ0) is 12.4. The van der Waals surface area contributed by atoms with Gasteiger partial charge in [0.2, 0.25) is 0 Å². The molecule has 2 unspecified atom stereocenters. The Morgan fingerprint density at radius 1 is 1.35 bits per heavy atom. The van der Waals surface area contributed by atoms with Gasteiger partial charge in [0, 0.05) is 29.5 Å². The molecule has 0 aliphatic carbocycles. The van der Waals surface area contributed by atoms with E-state index in [0.29, 0.717) is 12.1 Å². The summed E-state index contributed by atoms with van der Waals surface area (Å²) in [6.07, 6.45) is 5.16. The number of nitrogens with zero attached hydrogens (tertiary/aromatic N) is 2. The van der Waals surface area contributed by atoms with Gasteiger partial charge in [-0.25, -0.2) is 0 Å². The molecular weight excluding hydrogens is 212 g/mol. The van der Waals surface area contributed by atoms with Crippen LogP contribution in [0.5, 0.6) is 0 Å². The summed E-state index contributed by atoms with van der Waals surface area (Å²) in [5.41, 5.74) is 1.66. The zero-order valence-electron chi connectivity index (χ0n) is 10.8. The van der Waals surface area contributed by atoms with Crippen LogP contribution in [0.1, 0.15) is 49.2 Å². The summed E-state index contributed by atoms with van der Waals surface area (Å²) in [6, 6.07) is 4.37. The van der Waals surface area contributed by atoms with Crippen molar-refractivity contribution >= 4 is 5.91 Å². The molecular formula is C14H20N2O. The second-order valence-electron chi connectivity index (χ2n) is 5.03. The van der Waals surface area contributed by atoms with Crippen molar-refractivity contribution < 1.29 is 4.79 Å². The molecule has 2 atom stereocenters. The normalized spacial score (nSPS) is 24.8. The lowest BCUT2D eigenvalue weighted by molar-refractivity contribution is 0.0510. The van der Waals surface area contributed by atoms with Crippen LogP contribution in [-0.2, 0) is 0 Å². The third-order valence-electron chi connectivity index (χ3n) is 3.57. The number of amides is 1. The molecule has 0 radical (unpaired) electrons. The van der Waals surface area contributed by atoms with Gasteiger partial charge in [0.05, 0.1) is 0 Å². The number of aryl methyl sites for hydroxylation is 1. The van der Waals surface area contributed by atoms with E-state index in [1.54, 1.807) is 6.20 Å². The van der Waals surface area contributed by atoms with Gasteiger partial charge < -0.3 is 4.90 Å². The number of hydrogen-bond donors (Lipinski definition) is 0. The van der Waals surface area contributed by atoms with Gasteiger partial charge in [-0.15, -0.1) is 0 Å². The van der Waals surface area contributed by atoms with E-state index >= 15 is 0 Å². The summed E-state index contributed by atoms with van der Waals surface area (Å²) in [5.74, 6) is 0.148. The molecule has 3 heteroatoms. The summed E-state index contributed by atoms with van der Waals surface area (Å²) in [7, 11) is 0. The first-order valence-corrected chi connectivity index (χ1v) is 6.35. The van der Waals surface area contributed by atoms with Gasteiger partial charge in [-0.1, -0.05) is 0 Å². The standard InChI is InChI=1S/C14H20N2O/c1-10-9-13(7-8-15-10)14(17)16-11(2)5-4-6-12(16)3/h7-9,11-12H,4-6H2,1-3H3. The van der Waals surface area contributed by atoms with Crippen LogP contribution < -0.4 is 0 Å². The van der Waals surface area contributed by atoms with Crippen molar-refractivity contribution in [3.05, 3.63) is 29.6 Å². The lowest BCUT2D eigenvalue weighted by Gasteiger charge is -2.39.